The largest absolute Gasteiger partial charge is 0.479 e. The Morgan fingerprint density at radius 3 is 2.72 bits per heavy atom. The molecule has 7 heteroatoms. The predicted molar refractivity (Wildman–Crippen MR) is 60.7 cm³/mol. The lowest BCUT2D eigenvalue weighted by atomic mass is 9.84. The second-order valence-electron chi connectivity index (χ2n) is 4.77. The first-order valence-corrected chi connectivity index (χ1v) is 5.44. The van der Waals surface area contributed by atoms with Crippen molar-refractivity contribution in [2.24, 2.45) is 4.99 Å². The molecule has 0 aliphatic carbocycles. The molecule has 0 aromatic rings. The van der Waals surface area contributed by atoms with Gasteiger partial charge in [0.25, 0.3) is 0 Å². The van der Waals surface area contributed by atoms with Crippen LogP contribution in [0.5, 0.6) is 0 Å². The number of amidine groups is 1. The van der Waals surface area contributed by atoms with Crippen molar-refractivity contribution in [3.05, 3.63) is 12.3 Å². The Morgan fingerprint density at radius 1 is 1.56 bits per heavy atom. The van der Waals surface area contributed by atoms with Gasteiger partial charge in [-0.25, -0.2) is 9.79 Å². The van der Waals surface area contributed by atoms with Gasteiger partial charge in [-0.2, -0.15) is 0 Å². The van der Waals surface area contributed by atoms with Crippen LogP contribution in [0.4, 0.5) is 0 Å². The maximum atomic E-state index is 11.7. The Kier molecular flexibility index (Phi) is 2.56. The van der Waals surface area contributed by atoms with Gasteiger partial charge in [0, 0.05) is 12.6 Å². The minimum Gasteiger partial charge on any atom is -0.479 e. The monoisotopic (exact) mass is 254 g/mol. The Balaban J connectivity index is 2.64. The van der Waals surface area contributed by atoms with Crippen molar-refractivity contribution in [2.75, 3.05) is 0 Å². The van der Waals surface area contributed by atoms with Gasteiger partial charge >= 0.3 is 5.97 Å². The molecule has 0 aromatic carbocycles. The summed E-state index contributed by atoms with van der Waals surface area (Å²) in [4.78, 5) is 27.9. The fraction of sp³-hybridized carbons (Fsp3) is 0.545. The summed E-state index contributed by atoms with van der Waals surface area (Å²) < 4.78 is 0. The van der Waals surface area contributed by atoms with E-state index < -0.39 is 29.1 Å². The van der Waals surface area contributed by atoms with E-state index in [0.29, 0.717) is 0 Å². The van der Waals surface area contributed by atoms with Crippen LogP contribution < -0.4 is 0 Å². The summed E-state index contributed by atoms with van der Waals surface area (Å²) in [5.41, 5.74) is -3.85. The van der Waals surface area contributed by atoms with Gasteiger partial charge in [0.1, 0.15) is 6.10 Å². The Hall–Kier alpha value is -1.73. The number of carboxylic acid groups (broad SMARTS) is 1. The maximum Gasteiger partial charge on any atom is 0.334 e. The number of hydrogen-bond donors (Lipinski definition) is 3. The van der Waals surface area contributed by atoms with Crippen LogP contribution in [0.2, 0.25) is 0 Å². The molecular formula is C11H14N2O5. The number of allylic oxidation sites excluding steroid dienone is 1. The molecule has 0 saturated carbocycles. The zero-order chi connectivity index (χ0) is 13.7. The van der Waals surface area contributed by atoms with Crippen LogP contribution >= 0.6 is 0 Å². The molecule has 0 saturated heterocycles. The number of rotatable bonds is 1. The van der Waals surface area contributed by atoms with E-state index in [1.165, 1.54) is 26.1 Å². The lowest BCUT2D eigenvalue weighted by Gasteiger charge is -2.48. The predicted octanol–water partition coefficient (Wildman–Crippen LogP) is -0.900. The lowest BCUT2D eigenvalue weighted by molar-refractivity contribution is -0.178. The van der Waals surface area contributed by atoms with E-state index in [0.717, 1.165) is 4.90 Å². The molecule has 3 N–H and O–H groups in total. The molecule has 7 nitrogen and oxygen atoms in total. The van der Waals surface area contributed by atoms with Gasteiger partial charge in [0.05, 0.1) is 0 Å². The van der Waals surface area contributed by atoms with Crippen LogP contribution in [0.15, 0.2) is 17.3 Å². The van der Waals surface area contributed by atoms with E-state index in [-0.39, 0.29) is 12.3 Å². The van der Waals surface area contributed by atoms with Gasteiger partial charge in [0.2, 0.25) is 5.78 Å². The van der Waals surface area contributed by atoms with E-state index >= 15 is 0 Å². The Labute approximate surface area is 103 Å². The molecule has 0 spiro atoms. The number of fused-ring (bicyclic) bond motifs is 1. The van der Waals surface area contributed by atoms with Crippen LogP contribution in [0, 0.1) is 0 Å². The summed E-state index contributed by atoms with van der Waals surface area (Å²) in [5, 5.41) is 29.4. The number of aliphatic hydroxyl groups excluding tert-OH is 1. The molecule has 0 bridgehead atoms. The van der Waals surface area contributed by atoms with Crippen molar-refractivity contribution < 1.29 is 24.9 Å². The highest BCUT2D eigenvalue weighted by atomic mass is 16.4. The Morgan fingerprint density at radius 2 is 2.17 bits per heavy atom. The molecule has 0 radical (unpaired) electrons. The number of aliphatic carboxylic acids is 1. The van der Waals surface area contributed by atoms with Crippen LogP contribution in [0.1, 0.15) is 20.3 Å². The number of Topliss-reactive ketones (excluding diaryl/α,β-unsaturated/α-hetero) is 1. The maximum absolute atomic E-state index is 11.7. The van der Waals surface area contributed by atoms with E-state index in [1.54, 1.807) is 0 Å². The van der Waals surface area contributed by atoms with E-state index in [1.807, 2.05) is 0 Å². The number of carboxylic acids is 1. The molecule has 2 rings (SSSR count). The Bertz CT molecular complexity index is 482. The summed E-state index contributed by atoms with van der Waals surface area (Å²) in [7, 11) is 0. The van der Waals surface area contributed by atoms with Crippen LogP contribution in [0.25, 0.3) is 0 Å². The molecule has 98 valence electrons. The van der Waals surface area contributed by atoms with Crippen LogP contribution in [-0.2, 0) is 9.59 Å². The third-order valence-corrected chi connectivity index (χ3v) is 3.34. The molecule has 3 unspecified atom stereocenters. The second-order valence-corrected chi connectivity index (χ2v) is 4.77. The highest BCUT2D eigenvalue weighted by Crippen LogP contribution is 2.35. The minimum absolute atomic E-state index is 0.0945. The van der Waals surface area contributed by atoms with Crippen molar-refractivity contribution >= 4 is 17.6 Å². The highest BCUT2D eigenvalue weighted by molar-refractivity contribution is 6.40. The van der Waals surface area contributed by atoms with Crippen molar-refractivity contribution in [3.63, 3.8) is 0 Å². The third-order valence-electron chi connectivity index (χ3n) is 3.34. The third kappa shape index (κ3) is 1.48. The number of carbonyl (C=O) groups is 2. The van der Waals surface area contributed by atoms with Crippen molar-refractivity contribution in [1.29, 1.82) is 0 Å². The molecule has 18 heavy (non-hydrogen) atoms. The molecular weight excluding hydrogens is 240 g/mol. The number of ketones is 1. The first kappa shape index (κ1) is 12.7. The van der Waals surface area contributed by atoms with Crippen molar-refractivity contribution in [2.45, 2.75) is 37.6 Å². The second kappa shape index (κ2) is 3.63. The van der Waals surface area contributed by atoms with Crippen LogP contribution in [-0.4, -0.2) is 55.2 Å². The van der Waals surface area contributed by atoms with Gasteiger partial charge in [0.15, 0.2) is 17.1 Å². The molecule has 0 aromatic heterocycles. The summed E-state index contributed by atoms with van der Waals surface area (Å²) in [6.45, 7) is 2.42. The first-order valence-electron chi connectivity index (χ1n) is 5.44. The minimum atomic E-state index is -1.95. The van der Waals surface area contributed by atoms with Crippen LogP contribution in [0.3, 0.4) is 0 Å². The summed E-state index contributed by atoms with van der Waals surface area (Å²) in [5.74, 6) is -1.93. The topological polar surface area (TPSA) is 110 Å². The number of carbonyl (C=O) groups excluding carboxylic acids is 1. The van der Waals surface area contributed by atoms with Gasteiger partial charge < -0.3 is 15.3 Å². The number of aliphatic hydroxyl groups is 2. The molecule has 2 aliphatic heterocycles. The smallest absolute Gasteiger partial charge is 0.334 e. The quantitative estimate of drug-likeness (QED) is 0.559. The average molecular weight is 254 g/mol. The number of aliphatic imine (C=N–C) groups is 1. The van der Waals surface area contributed by atoms with Crippen molar-refractivity contribution in [1.82, 2.24) is 4.90 Å². The van der Waals surface area contributed by atoms with Gasteiger partial charge in [-0.3, -0.25) is 9.69 Å². The highest BCUT2D eigenvalue weighted by Gasteiger charge is 2.57. The van der Waals surface area contributed by atoms with E-state index in [2.05, 4.69) is 4.99 Å². The summed E-state index contributed by atoms with van der Waals surface area (Å²) in [6, 6.07) is 0. The summed E-state index contributed by atoms with van der Waals surface area (Å²) in [6.07, 6.45) is 1.37. The molecule has 2 aliphatic rings. The number of hydrogen-bond acceptors (Lipinski definition) is 6. The average Bonchev–Trinajstić information content (AvgIpc) is 2.28. The van der Waals surface area contributed by atoms with E-state index in [4.69, 9.17) is 5.11 Å². The molecule has 0 fully saturated rings. The first-order chi connectivity index (χ1) is 8.21. The van der Waals surface area contributed by atoms with E-state index in [9.17, 15) is 19.8 Å². The van der Waals surface area contributed by atoms with Gasteiger partial charge in [-0.1, -0.05) is 6.08 Å². The summed E-state index contributed by atoms with van der Waals surface area (Å²) >= 11 is 0. The fourth-order valence-electron chi connectivity index (χ4n) is 2.15. The zero-order valence-corrected chi connectivity index (χ0v) is 9.99. The standard InChI is InChI=1S/C11H14N2O5/c1-10(9(16)17)8(15)11(2,18)13-5-3-4-6(14)7(13)12-10/h3,5,8,15,18H,4H2,1-2H3,(H,16,17). The van der Waals surface area contributed by atoms with Gasteiger partial charge in [-0.05, 0) is 13.8 Å². The fourth-order valence-corrected chi connectivity index (χ4v) is 2.15. The SMILES string of the molecule is CC1(C(=O)O)N=C2C(=O)CC=CN2C(C)(O)C1O. The molecule has 3 atom stereocenters. The normalized spacial score (nSPS) is 39.3. The molecule has 0 amide bonds. The molecule has 2 heterocycles. The number of nitrogens with zero attached hydrogens (tertiary/aromatic N) is 2. The van der Waals surface area contributed by atoms with Gasteiger partial charge in [-0.15, -0.1) is 0 Å². The zero-order valence-electron chi connectivity index (χ0n) is 9.99. The lowest BCUT2D eigenvalue weighted by Crippen LogP contribution is -2.69. The van der Waals surface area contributed by atoms with Crippen molar-refractivity contribution in [3.8, 4) is 0 Å².